The zero-order chi connectivity index (χ0) is 4.24. The Morgan fingerprint density at radius 3 is 3.00 bits per heavy atom. The summed E-state index contributed by atoms with van der Waals surface area (Å²) in [5.41, 5.74) is 1.80. The van der Waals surface area contributed by atoms with Gasteiger partial charge in [0.05, 0.1) is 10.6 Å². The largest absolute Gasteiger partial charge is 0.251 e. The van der Waals surface area contributed by atoms with Crippen molar-refractivity contribution in [1.82, 2.24) is 4.83 Å². The van der Waals surface area contributed by atoms with E-state index in [1.165, 1.54) is 0 Å². The molecule has 0 aromatic carbocycles. The summed E-state index contributed by atoms with van der Waals surface area (Å²) < 4.78 is 0. The highest BCUT2D eigenvalue weighted by Crippen LogP contribution is 2.08. The minimum Gasteiger partial charge on any atom is -0.251 e. The van der Waals surface area contributed by atoms with E-state index in [2.05, 4.69) is 9.93 Å². The van der Waals surface area contributed by atoms with Gasteiger partial charge in [-0.25, -0.2) is 0 Å². The van der Waals surface area contributed by atoms with Gasteiger partial charge in [0, 0.05) is 0 Å². The molecule has 0 aliphatic carbocycles. The van der Waals surface area contributed by atoms with Gasteiger partial charge in [-0.15, -0.1) is 0 Å². The second kappa shape index (κ2) is 2.36. The highest BCUT2D eigenvalue weighted by molar-refractivity contribution is 8.22. The monoisotopic (exact) mass is 120 g/mol. The topological polar surface area (TPSA) is 24.4 Å². The van der Waals surface area contributed by atoms with Crippen molar-refractivity contribution < 1.29 is 0 Å². The van der Waals surface area contributed by atoms with Gasteiger partial charge in [-0.1, -0.05) is 11.8 Å². The first kappa shape index (κ1) is 4.33. The van der Waals surface area contributed by atoms with Gasteiger partial charge in [0.2, 0.25) is 0 Å². The van der Waals surface area contributed by atoms with E-state index in [1.807, 2.05) is 0 Å². The second-order valence-electron chi connectivity index (χ2n) is 0.755. The summed E-state index contributed by atoms with van der Waals surface area (Å²) in [5.74, 6) is 0. The molecule has 0 aromatic heterocycles. The van der Waals surface area contributed by atoms with E-state index in [1.54, 1.807) is 29.3 Å². The van der Waals surface area contributed by atoms with Gasteiger partial charge >= 0.3 is 0 Å². The molecular weight excluding hydrogens is 116 g/mol. The van der Waals surface area contributed by atoms with Gasteiger partial charge in [0.1, 0.15) is 0 Å². The molecule has 0 unspecified atom stereocenters. The molecule has 1 heterocycles. The van der Waals surface area contributed by atoms with E-state index in [9.17, 15) is 0 Å². The van der Waals surface area contributed by atoms with Crippen molar-refractivity contribution in [3.05, 3.63) is 0 Å². The van der Waals surface area contributed by atoms with Crippen LogP contribution in [0.3, 0.4) is 0 Å². The average molecular weight is 120 g/mol. The third kappa shape index (κ3) is 1.10. The molecule has 1 rings (SSSR count). The number of hydrazone groups is 1. The Bertz CT molecular complexity index is 54.6. The molecule has 1 N–H and O–H groups in total. The van der Waals surface area contributed by atoms with Crippen molar-refractivity contribution in [2.45, 2.75) is 0 Å². The molecule has 0 amide bonds. The molecule has 1 aliphatic heterocycles. The SMILES string of the molecule is C1=NNSCS1. The number of nitrogens with zero attached hydrogens (tertiary/aromatic N) is 1. The molecular formula is C2H4N2S2. The zero-order valence-electron chi connectivity index (χ0n) is 3.05. The quantitative estimate of drug-likeness (QED) is 0.480. The van der Waals surface area contributed by atoms with Gasteiger partial charge in [-0.3, -0.25) is 4.83 Å². The highest BCUT2D eigenvalue weighted by atomic mass is 32.2. The predicted octanol–water partition coefficient (Wildman–Crippen LogP) is 0.872. The van der Waals surface area contributed by atoms with E-state index >= 15 is 0 Å². The van der Waals surface area contributed by atoms with Gasteiger partial charge in [-0.2, -0.15) is 5.10 Å². The molecule has 4 heteroatoms. The molecule has 0 saturated heterocycles. The molecule has 0 bridgehead atoms. The molecule has 0 atom stereocenters. The van der Waals surface area contributed by atoms with Crippen LogP contribution >= 0.6 is 23.7 Å². The number of hydrogen-bond donors (Lipinski definition) is 1. The number of thioether (sulfide) groups is 1. The Morgan fingerprint density at radius 2 is 2.83 bits per heavy atom. The maximum Gasteiger partial charge on any atom is 0.0816 e. The second-order valence-corrected chi connectivity index (χ2v) is 2.71. The molecule has 0 saturated carbocycles. The first-order chi connectivity index (χ1) is 3.00. The fraction of sp³-hybridized carbons (Fsp3) is 0.500. The van der Waals surface area contributed by atoms with Gasteiger partial charge in [-0.05, 0) is 11.9 Å². The van der Waals surface area contributed by atoms with E-state index < -0.39 is 0 Å². The van der Waals surface area contributed by atoms with Gasteiger partial charge in [0.15, 0.2) is 0 Å². The lowest BCUT2D eigenvalue weighted by molar-refractivity contribution is 1.13. The summed E-state index contributed by atoms with van der Waals surface area (Å²) in [7, 11) is 0. The summed E-state index contributed by atoms with van der Waals surface area (Å²) in [6.45, 7) is 0. The fourth-order valence-electron chi connectivity index (χ4n) is 0.187. The molecule has 1 aliphatic rings. The minimum atomic E-state index is 1.07. The van der Waals surface area contributed by atoms with Gasteiger partial charge < -0.3 is 0 Å². The smallest absolute Gasteiger partial charge is 0.0816 e. The lowest BCUT2D eigenvalue weighted by Crippen LogP contribution is -1.96. The third-order valence-electron chi connectivity index (χ3n) is 0.371. The average Bonchev–Trinajstić information content (AvgIpc) is 1.72. The molecule has 6 heavy (non-hydrogen) atoms. The van der Waals surface area contributed by atoms with Crippen molar-refractivity contribution >= 4 is 29.3 Å². The number of nitrogens with one attached hydrogen (secondary N) is 1. The van der Waals surface area contributed by atoms with E-state index in [4.69, 9.17) is 0 Å². The maximum atomic E-state index is 3.73. The summed E-state index contributed by atoms with van der Waals surface area (Å²) >= 11 is 3.31. The Balaban J connectivity index is 2.26. The van der Waals surface area contributed by atoms with Crippen LogP contribution in [0.4, 0.5) is 0 Å². The number of hydrogen-bond acceptors (Lipinski definition) is 4. The standard InChI is InChI=1S/C2H4N2S2/c1-3-4-6-2-5-1/h1,4H,2H2. The van der Waals surface area contributed by atoms with Crippen LogP contribution in [0.25, 0.3) is 0 Å². The van der Waals surface area contributed by atoms with Crippen molar-refractivity contribution in [1.29, 1.82) is 0 Å². The van der Waals surface area contributed by atoms with Crippen molar-refractivity contribution in [3.63, 3.8) is 0 Å². The van der Waals surface area contributed by atoms with Crippen LogP contribution in [-0.2, 0) is 0 Å². The van der Waals surface area contributed by atoms with Crippen molar-refractivity contribution in [2.24, 2.45) is 5.10 Å². The van der Waals surface area contributed by atoms with Crippen LogP contribution in [0.2, 0.25) is 0 Å². The highest BCUT2D eigenvalue weighted by Gasteiger charge is 1.87. The normalized spacial score (nSPS) is 20.0. The summed E-state index contributed by atoms with van der Waals surface area (Å²) in [6.07, 6.45) is 0. The molecule has 0 fully saturated rings. The maximum absolute atomic E-state index is 3.73. The lowest BCUT2D eigenvalue weighted by atomic mass is 11.7. The minimum absolute atomic E-state index is 1.07. The van der Waals surface area contributed by atoms with E-state index in [0.29, 0.717) is 0 Å². The molecule has 0 aromatic rings. The first-order valence-electron chi connectivity index (χ1n) is 1.50. The fourth-order valence-corrected chi connectivity index (χ4v) is 1.23. The molecule has 2 nitrogen and oxygen atoms in total. The molecule has 34 valence electrons. The lowest BCUT2D eigenvalue weighted by Gasteiger charge is -1.99. The zero-order valence-corrected chi connectivity index (χ0v) is 4.68. The van der Waals surface area contributed by atoms with Crippen molar-refractivity contribution in [3.8, 4) is 0 Å². The third-order valence-corrected chi connectivity index (χ3v) is 1.88. The molecule has 0 spiro atoms. The summed E-state index contributed by atoms with van der Waals surface area (Å²) in [5, 5.41) is 4.80. The predicted molar refractivity (Wildman–Crippen MR) is 31.7 cm³/mol. The van der Waals surface area contributed by atoms with Crippen molar-refractivity contribution in [2.75, 3.05) is 5.08 Å². The van der Waals surface area contributed by atoms with Crippen LogP contribution in [0.1, 0.15) is 0 Å². The van der Waals surface area contributed by atoms with E-state index in [0.717, 1.165) is 5.08 Å². The van der Waals surface area contributed by atoms with Crippen LogP contribution in [0.5, 0.6) is 0 Å². The van der Waals surface area contributed by atoms with Gasteiger partial charge in [0.25, 0.3) is 0 Å². The Labute approximate surface area is 44.9 Å². The van der Waals surface area contributed by atoms with Crippen LogP contribution < -0.4 is 4.83 Å². The molecule has 0 radical (unpaired) electrons. The Hall–Kier alpha value is 0.170. The van der Waals surface area contributed by atoms with Crippen LogP contribution in [-0.4, -0.2) is 10.6 Å². The first-order valence-corrected chi connectivity index (χ1v) is 3.53. The summed E-state index contributed by atoms with van der Waals surface area (Å²) in [4.78, 5) is 2.75. The van der Waals surface area contributed by atoms with E-state index in [-0.39, 0.29) is 0 Å². The summed E-state index contributed by atoms with van der Waals surface area (Å²) in [6, 6.07) is 0. The number of rotatable bonds is 0. The Kier molecular flexibility index (Phi) is 1.71. The van der Waals surface area contributed by atoms with Crippen LogP contribution in [0.15, 0.2) is 5.10 Å². The van der Waals surface area contributed by atoms with Crippen LogP contribution in [0, 0.1) is 0 Å². The Morgan fingerprint density at radius 1 is 1.83 bits per heavy atom.